The molecular formula is C12H16N2OS. The Morgan fingerprint density at radius 3 is 2.50 bits per heavy atom. The van der Waals surface area contributed by atoms with Crippen LogP contribution < -0.4 is 11.1 Å². The first-order valence-corrected chi connectivity index (χ1v) is 5.55. The summed E-state index contributed by atoms with van der Waals surface area (Å²) in [7, 11) is 0. The van der Waals surface area contributed by atoms with E-state index >= 15 is 0 Å². The van der Waals surface area contributed by atoms with Crippen molar-refractivity contribution in [3.05, 3.63) is 29.8 Å². The molecule has 0 aliphatic heterocycles. The van der Waals surface area contributed by atoms with Crippen LogP contribution in [0.2, 0.25) is 0 Å². The lowest BCUT2D eigenvalue weighted by molar-refractivity contribution is -0.116. The summed E-state index contributed by atoms with van der Waals surface area (Å²) in [5, 5.41) is 2.80. The number of benzene rings is 1. The van der Waals surface area contributed by atoms with Gasteiger partial charge in [0.05, 0.1) is 4.99 Å². The largest absolute Gasteiger partial charge is 0.393 e. The van der Waals surface area contributed by atoms with E-state index in [-0.39, 0.29) is 11.8 Å². The molecule has 1 atom stereocenters. The van der Waals surface area contributed by atoms with Gasteiger partial charge in [-0.05, 0) is 19.1 Å². The van der Waals surface area contributed by atoms with E-state index in [4.69, 9.17) is 18.0 Å². The Kier molecular flexibility index (Phi) is 4.43. The van der Waals surface area contributed by atoms with Gasteiger partial charge in [0.1, 0.15) is 0 Å². The van der Waals surface area contributed by atoms with Gasteiger partial charge in [-0.15, -0.1) is 0 Å². The average molecular weight is 236 g/mol. The van der Waals surface area contributed by atoms with Crippen LogP contribution in [-0.2, 0) is 4.79 Å². The van der Waals surface area contributed by atoms with Crippen LogP contribution >= 0.6 is 12.2 Å². The third kappa shape index (κ3) is 3.98. The second-order valence-electron chi connectivity index (χ2n) is 3.92. The monoisotopic (exact) mass is 236 g/mol. The molecule has 16 heavy (non-hydrogen) atoms. The smallest absolute Gasteiger partial charge is 0.225 e. The van der Waals surface area contributed by atoms with E-state index in [1.165, 1.54) is 0 Å². The predicted molar refractivity (Wildman–Crippen MR) is 70.4 cm³/mol. The van der Waals surface area contributed by atoms with Crippen molar-refractivity contribution in [1.29, 1.82) is 0 Å². The van der Waals surface area contributed by atoms with Crippen molar-refractivity contribution in [3.8, 4) is 0 Å². The highest BCUT2D eigenvalue weighted by atomic mass is 32.1. The number of hydrogen-bond acceptors (Lipinski definition) is 2. The van der Waals surface area contributed by atoms with Crippen LogP contribution in [0, 0.1) is 12.8 Å². The van der Waals surface area contributed by atoms with E-state index in [1.807, 2.05) is 38.1 Å². The molecule has 0 heterocycles. The minimum absolute atomic E-state index is 0.0656. The Bertz CT molecular complexity index is 387. The molecule has 0 fully saturated rings. The molecule has 1 aromatic rings. The van der Waals surface area contributed by atoms with Crippen molar-refractivity contribution in [1.82, 2.24) is 0 Å². The van der Waals surface area contributed by atoms with Crippen molar-refractivity contribution >= 4 is 28.8 Å². The van der Waals surface area contributed by atoms with Crippen molar-refractivity contribution in [2.75, 3.05) is 5.32 Å². The van der Waals surface area contributed by atoms with E-state index in [9.17, 15) is 4.79 Å². The van der Waals surface area contributed by atoms with Gasteiger partial charge in [-0.3, -0.25) is 4.79 Å². The van der Waals surface area contributed by atoms with Gasteiger partial charge in [-0.25, -0.2) is 0 Å². The highest BCUT2D eigenvalue weighted by molar-refractivity contribution is 7.80. The van der Waals surface area contributed by atoms with Gasteiger partial charge < -0.3 is 11.1 Å². The van der Waals surface area contributed by atoms with Crippen molar-refractivity contribution in [3.63, 3.8) is 0 Å². The van der Waals surface area contributed by atoms with Gasteiger partial charge in [0, 0.05) is 18.0 Å². The maximum atomic E-state index is 11.6. The lowest BCUT2D eigenvalue weighted by Crippen LogP contribution is -2.24. The number of nitrogens with two attached hydrogens (primary N) is 1. The zero-order valence-electron chi connectivity index (χ0n) is 9.49. The first-order valence-electron chi connectivity index (χ1n) is 5.15. The molecule has 1 aromatic carbocycles. The molecule has 0 aliphatic rings. The van der Waals surface area contributed by atoms with Crippen molar-refractivity contribution in [2.24, 2.45) is 11.7 Å². The van der Waals surface area contributed by atoms with Crippen LogP contribution in [0.15, 0.2) is 24.3 Å². The third-order valence-electron chi connectivity index (χ3n) is 2.31. The number of thiocarbonyl (C=S) groups is 1. The van der Waals surface area contributed by atoms with Gasteiger partial charge in [0.15, 0.2) is 0 Å². The Hall–Kier alpha value is -1.42. The molecule has 1 unspecified atom stereocenters. The molecule has 0 spiro atoms. The van der Waals surface area contributed by atoms with Crippen LogP contribution in [-0.4, -0.2) is 10.9 Å². The SMILES string of the molecule is Cc1ccc(NC(=O)CC(C)C(N)=S)cc1. The van der Waals surface area contributed by atoms with E-state index < -0.39 is 0 Å². The standard InChI is InChI=1S/C12H16N2OS/c1-8-3-5-10(6-4-8)14-11(15)7-9(2)12(13)16/h3-6,9H,7H2,1-2H3,(H2,13,16)(H,14,15). The molecule has 3 nitrogen and oxygen atoms in total. The van der Waals surface area contributed by atoms with Gasteiger partial charge in [0.25, 0.3) is 0 Å². The first-order chi connectivity index (χ1) is 7.49. The number of hydrogen-bond donors (Lipinski definition) is 2. The van der Waals surface area contributed by atoms with Gasteiger partial charge in [-0.2, -0.15) is 0 Å². The fraction of sp³-hybridized carbons (Fsp3) is 0.333. The minimum Gasteiger partial charge on any atom is -0.393 e. The summed E-state index contributed by atoms with van der Waals surface area (Å²) in [6, 6.07) is 7.65. The lowest BCUT2D eigenvalue weighted by atomic mass is 10.1. The van der Waals surface area contributed by atoms with Gasteiger partial charge in [0.2, 0.25) is 5.91 Å². The number of anilines is 1. The second-order valence-corrected chi connectivity index (χ2v) is 4.39. The quantitative estimate of drug-likeness (QED) is 0.788. The maximum Gasteiger partial charge on any atom is 0.225 e. The summed E-state index contributed by atoms with van der Waals surface area (Å²) in [6.45, 7) is 3.84. The van der Waals surface area contributed by atoms with Crippen LogP contribution in [0.3, 0.4) is 0 Å². The number of rotatable bonds is 4. The highest BCUT2D eigenvalue weighted by Crippen LogP contribution is 2.10. The molecule has 86 valence electrons. The molecule has 0 saturated heterocycles. The summed E-state index contributed by atoms with van der Waals surface area (Å²) in [4.78, 5) is 12.0. The molecular weight excluding hydrogens is 220 g/mol. The van der Waals surface area contributed by atoms with Crippen molar-refractivity contribution < 1.29 is 4.79 Å². The Labute approximate surface area is 101 Å². The molecule has 0 radical (unpaired) electrons. The molecule has 1 amide bonds. The van der Waals surface area contributed by atoms with E-state index in [2.05, 4.69) is 5.32 Å². The summed E-state index contributed by atoms with van der Waals surface area (Å²) >= 11 is 4.82. The zero-order valence-corrected chi connectivity index (χ0v) is 10.3. The number of carbonyl (C=O) groups is 1. The maximum absolute atomic E-state index is 11.6. The Morgan fingerprint density at radius 1 is 1.44 bits per heavy atom. The fourth-order valence-corrected chi connectivity index (χ4v) is 1.31. The third-order valence-corrected chi connectivity index (χ3v) is 2.71. The topological polar surface area (TPSA) is 55.1 Å². The minimum atomic E-state index is -0.0690. The van der Waals surface area contributed by atoms with Crippen LogP contribution in [0.1, 0.15) is 18.9 Å². The number of amides is 1. The normalized spacial score (nSPS) is 11.9. The molecule has 0 saturated carbocycles. The highest BCUT2D eigenvalue weighted by Gasteiger charge is 2.11. The summed E-state index contributed by atoms with van der Waals surface area (Å²) in [5.74, 6) is -0.135. The molecule has 3 N–H and O–H groups in total. The molecule has 1 rings (SSSR count). The van der Waals surface area contributed by atoms with Gasteiger partial charge in [-0.1, -0.05) is 36.8 Å². The Morgan fingerprint density at radius 2 is 2.00 bits per heavy atom. The predicted octanol–water partition coefficient (Wildman–Crippen LogP) is 2.25. The number of aryl methyl sites for hydroxylation is 1. The van der Waals surface area contributed by atoms with Crippen LogP contribution in [0.5, 0.6) is 0 Å². The summed E-state index contributed by atoms with van der Waals surface area (Å²) < 4.78 is 0. The van der Waals surface area contributed by atoms with Gasteiger partial charge >= 0.3 is 0 Å². The molecule has 0 aromatic heterocycles. The number of carbonyl (C=O) groups excluding carboxylic acids is 1. The molecule has 4 heteroatoms. The summed E-state index contributed by atoms with van der Waals surface area (Å²) in [6.07, 6.45) is 0.323. The summed E-state index contributed by atoms with van der Waals surface area (Å²) in [5.41, 5.74) is 7.41. The van der Waals surface area contributed by atoms with E-state index in [0.717, 1.165) is 11.3 Å². The molecule has 0 bridgehead atoms. The number of nitrogens with one attached hydrogen (secondary N) is 1. The Balaban J connectivity index is 2.52. The van der Waals surface area contributed by atoms with E-state index in [0.29, 0.717) is 11.4 Å². The second kappa shape index (κ2) is 5.61. The van der Waals surface area contributed by atoms with E-state index in [1.54, 1.807) is 0 Å². The fourth-order valence-electron chi connectivity index (χ4n) is 1.23. The van der Waals surface area contributed by atoms with Crippen LogP contribution in [0.4, 0.5) is 5.69 Å². The average Bonchev–Trinajstić information content (AvgIpc) is 2.21. The van der Waals surface area contributed by atoms with Crippen molar-refractivity contribution in [2.45, 2.75) is 20.3 Å². The molecule has 0 aliphatic carbocycles. The van der Waals surface area contributed by atoms with Crippen LogP contribution in [0.25, 0.3) is 0 Å². The zero-order chi connectivity index (χ0) is 12.1. The first kappa shape index (κ1) is 12.6. The lowest BCUT2D eigenvalue weighted by Gasteiger charge is -2.10.